The number of likely N-dealkylation sites (tertiary alicyclic amines) is 2. The summed E-state index contributed by atoms with van der Waals surface area (Å²) in [5.74, 6) is -1.51. The Morgan fingerprint density at radius 3 is 2.62 bits per heavy atom. The number of pyridine rings is 1. The number of ether oxygens (including phenoxy) is 1. The fourth-order valence-electron chi connectivity index (χ4n) is 5.87. The topological polar surface area (TPSA) is 131 Å². The van der Waals surface area contributed by atoms with Crippen molar-refractivity contribution < 1.29 is 19.1 Å². The Morgan fingerprint density at radius 1 is 1.18 bits per heavy atom. The van der Waals surface area contributed by atoms with Crippen molar-refractivity contribution in [3.05, 3.63) is 46.6 Å². The highest BCUT2D eigenvalue weighted by atomic mass is 32.1. The van der Waals surface area contributed by atoms with E-state index in [-0.39, 0.29) is 34.6 Å². The third kappa shape index (κ3) is 5.15. The van der Waals surface area contributed by atoms with E-state index >= 15 is 0 Å². The molecule has 10 nitrogen and oxygen atoms in total. The summed E-state index contributed by atoms with van der Waals surface area (Å²) in [5.41, 5.74) is 7.56. The van der Waals surface area contributed by atoms with Gasteiger partial charge in [-0.3, -0.25) is 14.4 Å². The maximum Gasteiger partial charge on any atom is 0.313 e. The lowest BCUT2D eigenvalue weighted by molar-refractivity contribution is -0.146. The molecule has 3 aromatic rings. The number of nitrogens with zero attached hydrogens (tertiary/aromatic N) is 4. The molecule has 212 valence electrons. The van der Waals surface area contributed by atoms with Crippen LogP contribution in [0.2, 0.25) is 0 Å². The van der Waals surface area contributed by atoms with Crippen molar-refractivity contribution in [3.63, 3.8) is 0 Å². The summed E-state index contributed by atoms with van der Waals surface area (Å²) in [6.07, 6.45) is 4.10. The van der Waals surface area contributed by atoms with Gasteiger partial charge in [0.2, 0.25) is 5.88 Å². The highest BCUT2D eigenvalue weighted by Gasteiger charge is 2.41. The van der Waals surface area contributed by atoms with Crippen LogP contribution in [0.5, 0.6) is 5.88 Å². The number of nitrogens with two attached hydrogens (primary N) is 1. The fourth-order valence-corrected chi connectivity index (χ4v) is 7.14. The molecule has 0 aliphatic carbocycles. The molecule has 3 amide bonds. The highest BCUT2D eigenvalue weighted by molar-refractivity contribution is 7.18. The first kappa shape index (κ1) is 28.0. The van der Waals surface area contributed by atoms with Gasteiger partial charge in [0.25, 0.3) is 5.91 Å². The minimum Gasteiger partial charge on any atom is -0.480 e. The number of hydrogen-bond acceptors (Lipinski definition) is 8. The van der Waals surface area contributed by atoms with Crippen molar-refractivity contribution in [2.24, 2.45) is 11.7 Å². The molecule has 3 atom stereocenters. The first-order valence-electron chi connectivity index (χ1n) is 13.6. The zero-order chi connectivity index (χ0) is 28.8. The number of methoxy groups -OCH3 is 1. The molecule has 0 saturated carbocycles. The molecule has 2 aromatic heterocycles. The Balaban J connectivity index is 1.38. The number of rotatable bonds is 5. The Bertz CT molecular complexity index is 1470. The zero-order valence-electron chi connectivity index (χ0n) is 23.6. The van der Waals surface area contributed by atoms with E-state index in [1.807, 2.05) is 0 Å². The molecule has 1 unspecified atom stereocenters. The number of amides is 3. The largest absolute Gasteiger partial charge is 0.480 e. The number of hydrogen-bond donors (Lipinski definition) is 2. The van der Waals surface area contributed by atoms with Gasteiger partial charge >= 0.3 is 11.8 Å². The number of likely N-dealkylation sites (N-methyl/N-ethyl adjacent to an activating group) is 1. The second kappa shape index (κ2) is 10.8. The van der Waals surface area contributed by atoms with Crippen molar-refractivity contribution in [2.45, 2.75) is 57.5 Å². The molecule has 3 N–H and O–H groups in total. The number of anilines is 1. The molecule has 0 bridgehead atoms. The van der Waals surface area contributed by atoms with Crippen molar-refractivity contribution >= 4 is 45.0 Å². The van der Waals surface area contributed by atoms with Gasteiger partial charge in [0.05, 0.1) is 40.3 Å². The molecule has 1 aromatic carbocycles. The van der Waals surface area contributed by atoms with Crippen LogP contribution < -0.4 is 15.8 Å². The third-order valence-corrected chi connectivity index (χ3v) is 9.69. The Hall–Kier alpha value is -3.57. The lowest BCUT2D eigenvalue weighted by Gasteiger charge is -2.38. The molecule has 5 rings (SSSR count). The molecule has 4 heterocycles. The molecule has 0 radical (unpaired) electrons. The average Bonchev–Trinajstić information content (AvgIpc) is 3.46. The van der Waals surface area contributed by atoms with E-state index in [2.05, 4.69) is 61.2 Å². The van der Waals surface area contributed by atoms with Gasteiger partial charge < -0.3 is 25.6 Å². The Morgan fingerprint density at radius 2 is 1.95 bits per heavy atom. The second-order valence-corrected chi connectivity index (χ2v) is 12.5. The van der Waals surface area contributed by atoms with E-state index in [1.54, 1.807) is 16.2 Å². The fraction of sp³-hybridized carbons (Fsp3) is 0.483. The summed E-state index contributed by atoms with van der Waals surface area (Å²) >= 11 is 1.74. The van der Waals surface area contributed by atoms with Crippen LogP contribution in [0.3, 0.4) is 0 Å². The molecular weight excluding hydrogens is 528 g/mol. The summed E-state index contributed by atoms with van der Waals surface area (Å²) in [7, 11) is 3.53. The number of thiazole rings is 1. The summed E-state index contributed by atoms with van der Waals surface area (Å²) in [5, 5.41) is 3.72. The normalized spacial score (nSPS) is 22.8. The number of benzene rings is 1. The lowest BCUT2D eigenvalue weighted by Crippen LogP contribution is -2.46. The monoisotopic (exact) mass is 564 g/mol. The Labute approximate surface area is 237 Å². The van der Waals surface area contributed by atoms with E-state index in [0.717, 1.165) is 46.6 Å². The molecule has 40 heavy (non-hydrogen) atoms. The predicted octanol–water partition coefficient (Wildman–Crippen LogP) is 3.93. The van der Waals surface area contributed by atoms with Crippen LogP contribution in [-0.4, -0.2) is 70.3 Å². The van der Waals surface area contributed by atoms with Gasteiger partial charge in [-0.25, -0.2) is 9.97 Å². The van der Waals surface area contributed by atoms with Gasteiger partial charge in [-0.1, -0.05) is 13.0 Å². The molecular formula is C29H36N6O4S. The van der Waals surface area contributed by atoms with Crippen LogP contribution in [-0.2, 0) is 9.59 Å². The van der Waals surface area contributed by atoms with Gasteiger partial charge in [-0.2, -0.15) is 0 Å². The lowest BCUT2D eigenvalue weighted by atomic mass is 9.89. The smallest absolute Gasteiger partial charge is 0.313 e. The van der Waals surface area contributed by atoms with E-state index in [4.69, 9.17) is 15.5 Å². The maximum absolute atomic E-state index is 13.5. The van der Waals surface area contributed by atoms with Gasteiger partial charge in [-0.05, 0) is 76.4 Å². The SMILES string of the molecule is COc1ncc(NC(=O)C(=O)N2C[C@@H](C)CC[C@@H]2c2ccc3sc(C4CCN(C)C4(C)C)nc3c2)cc1C(N)=O. The molecule has 0 spiro atoms. The van der Waals surface area contributed by atoms with Gasteiger partial charge in [-0.15, -0.1) is 11.3 Å². The first-order valence-corrected chi connectivity index (χ1v) is 14.4. The predicted molar refractivity (Wildman–Crippen MR) is 154 cm³/mol. The van der Waals surface area contributed by atoms with Crippen molar-refractivity contribution in [1.29, 1.82) is 0 Å². The molecule has 2 fully saturated rings. The number of aromatic nitrogens is 2. The average molecular weight is 565 g/mol. The number of carbonyl (C=O) groups excluding carboxylic acids is 3. The summed E-state index contributed by atoms with van der Waals surface area (Å²) < 4.78 is 6.18. The Kier molecular flexibility index (Phi) is 7.54. The molecule has 11 heteroatoms. The first-order chi connectivity index (χ1) is 19.0. The van der Waals surface area contributed by atoms with Gasteiger partial charge in [0.15, 0.2) is 0 Å². The maximum atomic E-state index is 13.5. The standard InChI is InChI=1S/C29H36N6O4S/c1-16-6-8-22(17-7-9-23-21(12-17)33-27(40-23)20-10-11-34(4)29(20,2)3)35(15-16)28(38)25(37)32-18-13-19(24(30)36)26(39-5)31-14-18/h7,9,12-14,16,20,22H,6,8,10-11,15H2,1-5H3,(H2,30,36)(H,32,37)/t16-,20?,22+/m0/s1. The van der Waals surface area contributed by atoms with E-state index in [1.165, 1.54) is 19.4 Å². The number of carbonyl (C=O) groups is 3. The number of nitrogens with one attached hydrogen (secondary N) is 1. The zero-order valence-corrected chi connectivity index (χ0v) is 24.4. The van der Waals surface area contributed by atoms with Gasteiger partial charge in [0.1, 0.15) is 5.56 Å². The quantitative estimate of drug-likeness (QED) is 0.449. The van der Waals surface area contributed by atoms with E-state index in [0.29, 0.717) is 12.5 Å². The van der Waals surface area contributed by atoms with E-state index in [9.17, 15) is 14.4 Å². The van der Waals surface area contributed by atoms with Crippen LogP contribution in [0.1, 0.15) is 72.9 Å². The summed E-state index contributed by atoms with van der Waals surface area (Å²) in [6.45, 7) is 8.15. The number of fused-ring (bicyclic) bond motifs is 1. The molecule has 2 aliphatic heterocycles. The summed E-state index contributed by atoms with van der Waals surface area (Å²) in [4.78, 5) is 51.4. The van der Waals surface area contributed by atoms with E-state index < -0.39 is 17.7 Å². The number of piperidine rings is 1. The second-order valence-electron chi connectivity index (χ2n) is 11.5. The van der Waals surface area contributed by atoms with Gasteiger partial charge in [0, 0.05) is 18.0 Å². The van der Waals surface area contributed by atoms with Crippen LogP contribution >= 0.6 is 11.3 Å². The van der Waals surface area contributed by atoms with Crippen molar-refractivity contribution in [3.8, 4) is 5.88 Å². The van der Waals surface area contributed by atoms with Crippen LogP contribution in [0.4, 0.5) is 5.69 Å². The minimum atomic E-state index is -0.800. The van der Waals surface area contributed by atoms with Crippen LogP contribution in [0, 0.1) is 5.92 Å². The third-order valence-electron chi connectivity index (χ3n) is 8.54. The minimum absolute atomic E-state index is 0.0146. The summed E-state index contributed by atoms with van der Waals surface area (Å²) in [6, 6.07) is 7.33. The van der Waals surface area contributed by atoms with Crippen molar-refractivity contribution in [2.75, 3.05) is 32.6 Å². The molecule has 2 aliphatic rings. The molecule has 2 saturated heterocycles. The van der Waals surface area contributed by atoms with Crippen LogP contribution in [0.25, 0.3) is 10.2 Å². The highest BCUT2D eigenvalue weighted by Crippen LogP contribution is 2.44. The number of primary amides is 1. The van der Waals surface area contributed by atoms with Crippen molar-refractivity contribution in [1.82, 2.24) is 19.8 Å². The van der Waals surface area contributed by atoms with Crippen LogP contribution in [0.15, 0.2) is 30.5 Å².